The summed E-state index contributed by atoms with van der Waals surface area (Å²) in [4.78, 5) is 2.54. The molecule has 95 valence electrons. The molecule has 3 aromatic carbocycles. The van der Waals surface area contributed by atoms with Crippen LogP contribution in [0.2, 0.25) is 0 Å². The normalized spacial score (nSPS) is 12.2. The summed E-state index contributed by atoms with van der Waals surface area (Å²) in [5.41, 5.74) is 4.78. The van der Waals surface area contributed by atoms with Crippen LogP contribution in [0.4, 0.5) is 11.4 Å². The molecule has 0 aromatic heterocycles. The first-order valence-electron chi connectivity index (χ1n) is 6.55. The van der Waals surface area contributed by atoms with Crippen molar-refractivity contribution in [1.82, 2.24) is 0 Å². The second-order valence-electron chi connectivity index (χ2n) is 4.69. The molecule has 1 radical (unpaired) electrons. The van der Waals surface area contributed by atoms with E-state index in [1.807, 2.05) is 30.0 Å². The molecule has 0 bridgehead atoms. The molecule has 0 amide bonds. The number of benzene rings is 3. The fourth-order valence-corrected chi connectivity index (χ4v) is 3.48. The van der Waals surface area contributed by atoms with Crippen LogP contribution in [0.3, 0.4) is 0 Å². The van der Waals surface area contributed by atoms with E-state index in [2.05, 4.69) is 59.9 Å². The third-order valence-electron chi connectivity index (χ3n) is 3.41. The monoisotopic (exact) mass is 274 g/mol. The van der Waals surface area contributed by atoms with Crippen LogP contribution in [-0.2, 0) is 0 Å². The molecule has 3 aromatic rings. The minimum atomic E-state index is 1.18. The summed E-state index contributed by atoms with van der Waals surface area (Å²) < 4.78 is 0. The Morgan fingerprint density at radius 2 is 1.75 bits per heavy atom. The van der Waals surface area contributed by atoms with Crippen LogP contribution in [0, 0.1) is 6.07 Å². The highest BCUT2D eigenvalue weighted by atomic mass is 32.2. The van der Waals surface area contributed by atoms with Crippen LogP contribution < -0.4 is 5.32 Å². The van der Waals surface area contributed by atoms with Gasteiger partial charge in [-0.15, -0.1) is 0 Å². The van der Waals surface area contributed by atoms with Crippen molar-refractivity contribution in [2.45, 2.75) is 9.79 Å². The lowest BCUT2D eigenvalue weighted by Crippen LogP contribution is -2.01. The number of rotatable bonds is 1. The van der Waals surface area contributed by atoms with Gasteiger partial charge in [0.05, 0.1) is 11.4 Å². The van der Waals surface area contributed by atoms with Gasteiger partial charge in [0.25, 0.3) is 0 Å². The quantitative estimate of drug-likeness (QED) is 0.501. The van der Waals surface area contributed by atoms with Crippen molar-refractivity contribution >= 4 is 23.1 Å². The number of para-hydroxylation sites is 2. The summed E-state index contributed by atoms with van der Waals surface area (Å²) in [6.07, 6.45) is 0. The summed E-state index contributed by atoms with van der Waals surface area (Å²) in [5, 5.41) is 3.57. The first-order chi connectivity index (χ1) is 9.92. The third kappa shape index (κ3) is 1.89. The molecule has 0 saturated heterocycles. The van der Waals surface area contributed by atoms with Gasteiger partial charge in [-0.25, -0.2) is 0 Å². The first kappa shape index (κ1) is 11.6. The van der Waals surface area contributed by atoms with Crippen LogP contribution in [-0.4, -0.2) is 0 Å². The second kappa shape index (κ2) is 4.73. The number of hydrogen-bond acceptors (Lipinski definition) is 2. The third-order valence-corrected chi connectivity index (χ3v) is 4.55. The average molecular weight is 274 g/mol. The molecule has 0 spiro atoms. The SMILES string of the molecule is [c]1cccc(-c2cccc3c2Nc2ccccc2S3)c1. The van der Waals surface area contributed by atoms with E-state index < -0.39 is 0 Å². The van der Waals surface area contributed by atoms with Gasteiger partial charge in [0.1, 0.15) is 0 Å². The molecule has 1 aliphatic rings. The lowest BCUT2D eigenvalue weighted by atomic mass is 10.0. The molecule has 1 nitrogen and oxygen atoms in total. The first-order valence-corrected chi connectivity index (χ1v) is 7.37. The molecule has 0 fully saturated rings. The standard InChI is InChI=1S/C18H12NS/c1-2-7-13(8-3-1)14-9-6-12-17-18(14)19-15-10-4-5-11-16(15)20-17/h1-2,4-12,19H. The topological polar surface area (TPSA) is 12.0 Å². The van der Waals surface area contributed by atoms with Crippen LogP contribution in [0.15, 0.2) is 76.5 Å². The molecule has 20 heavy (non-hydrogen) atoms. The maximum atomic E-state index is 3.57. The molecule has 0 saturated carbocycles. The summed E-state index contributed by atoms with van der Waals surface area (Å²) in [6.45, 7) is 0. The van der Waals surface area contributed by atoms with E-state index in [1.54, 1.807) is 0 Å². The van der Waals surface area contributed by atoms with Crippen molar-refractivity contribution in [3.63, 3.8) is 0 Å². The molecule has 0 unspecified atom stereocenters. The molecule has 0 aliphatic carbocycles. The summed E-state index contributed by atoms with van der Waals surface area (Å²) >= 11 is 1.82. The van der Waals surface area contributed by atoms with Crippen molar-refractivity contribution in [3.05, 3.63) is 72.8 Å². The molecule has 1 N–H and O–H groups in total. The predicted octanol–water partition coefficient (Wildman–Crippen LogP) is 5.36. The molecule has 0 atom stereocenters. The van der Waals surface area contributed by atoms with Crippen LogP contribution in [0.5, 0.6) is 0 Å². The van der Waals surface area contributed by atoms with Gasteiger partial charge < -0.3 is 5.32 Å². The fraction of sp³-hybridized carbons (Fsp3) is 0. The molecular formula is C18H12NS. The second-order valence-corrected chi connectivity index (χ2v) is 5.78. The van der Waals surface area contributed by atoms with Gasteiger partial charge in [-0.2, -0.15) is 0 Å². The zero-order chi connectivity index (χ0) is 13.4. The Morgan fingerprint density at radius 3 is 2.65 bits per heavy atom. The van der Waals surface area contributed by atoms with Gasteiger partial charge in [-0.05, 0) is 35.9 Å². The van der Waals surface area contributed by atoms with Crippen molar-refractivity contribution in [3.8, 4) is 11.1 Å². The lowest BCUT2D eigenvalue weighted by molar-refractivity contribution is 1.31. The predicted molar refractivity (Wildman–Crippen MR) is 84.6 cm³/mol. The lowest BCUT2D eigenvalue weighted by Gasteiger charge is -2.23. The zero-order valence-corrected chi connectivity index (χ0v) is 11.6. The molecular weight excluding hydrogens is 262 g/mol. The highest BCUT2D eigenvalue weighted by Gasteiger charge is 2.18. The highest BCUT2D eigenvalue weighted by molar-refractivity contribution is 7.99. The van der Waals surface area contributed by atoms with E-state index in [0.717, 1.165) is 0 Å². The van der Waals surface area contributed by atoms with Crippen LogP contribution in [0.25, 0.3) is 11.1 Å². The molecule has 1 aliphatic heterocycles. The van der Waals surface area contributed by atoms with Gasteiger partial charge in [0, 0.05) is 15.4 Å². The fourth-order valence-electron chi connectivity index (χ4n) is 2.46. The van der Waals surface area contributed by atoms with E-state index in [-0.39, 0.29) is 0 Å². The van der Waals surface area contributed by atoms with Crippen molar-refractivity contribution in [2.24, 2.45) is 0 Å². The van der Waals surface area contributed by atoms with Crippen LogP contribution >= 0.6 is 11.8 Å². The number of hydrogen-bond donors (Lipinski definition) is 1. The zero-order valence-electron chi connectivity index (χ0n) is 10.8. The van der Waals surface area contributed by atoms with Gasteiger partial charge in [0.15, 0.2) is 0 Å². The van der Waals surface area contributed by atoms with Crippen LogP contribution in [0.1, 0.15) is 0 Å². The average Bonchev–Trinajstić information content (AvgIpc) is 2.53. The summed E-state index contributed by atoms with van der Waals surface area (Å²) in [7, 11) is 0. The van der Waals surface area contributed by atoms with E-state index in [0.29, 0.717) is 0 Å². The van der Waals surface area contributed by atoms with Gasteiger partial charge >= 0.3 is 0 Å². The van der Waals surface area contributed by atoms with Crippen molar-refractivity contribution in [2.75, 3.05) is 5.32 Å². The van der Waals surface area contributed by atoms with E-state index in [4.69, 9.17) is 0 Å². The number of anilines is 2. The Morgan fingerprint density at radius 1 is 0.850 bits per heavy atom. The maximum Gasteiger partial charge on any atom is 0.0606 e. The van der Waals surface area contributed by atoms with E-state index >= 15 is 0 Å². The largest absolute Gasteiger partial charge is 0.353 e. The van der Waals surface area contributed by atoms with Gasteiger partial charge in [-0.3, -0.25) is 0 Å². The Kier molecular flexibility index (Phi) is 2.75. The molecule has 1 heterocycles. The summed E-state index contributed by atoms with van der Waals surface area (Å²) in [6, 6.07) is 26.1. The molecule has 2 heteroatoms. The minimum absolute atomic E-state index is 1.18. The Bertz CT molecular complexity index is 765. The highest BCUT2D eigenvalue weighted by Crippen LogP contribution is 2.47. The van der Waals surface area contributed by atoms with Gasteiger partial charge in [0.2, 0.25) is 0 Å². The smallest absolute Gasteiger partial charge is 0.0606 e. The van der Waals surface area contributed by atoms with E-state index in [1.165, 1.54) is 32.3 Å². The summed E-state index contributed by atoms with van der Waals surface area (Å²) in [5.74, 6) is 0. The van der Waals surface area contributed by atoms with Gasteiger partial charge in [-0.1, -0.05) is 54.2 Å². The number of nitrogens with one attached hydrogen (secondary N) is 1. The maximum absolute atomic E-state index is 3.57. The Hall–Kier alpha value is -2.19. The number of fused-ring (bicyclic) bond motifs is 2. The van der Waals surface area contributed by atoms with Crippen molar-refractivity contribution in [1.29, 1.82) is 0 Å². The molecule has 4 rings (SSSR count). The Balaban J connectivity index is 1.87. The minimum Gasteiger partial charge on any atom is -0.353 e. The van der Waals surface area contributed by atoms with E-state index in [9.17, 15) is 0 Å². The van der Waals surface area contributed by atoms with Crippen molar-refractivity contribution < 1.29 is 0 Å². The Labute approximate surface area is 122 Å².